The third-order valence-electron chi connectivity index (χ3n) is 8.14. The third kappa shape index (κ3) is 5.72. The van der Waals surface area contributed by atoms with Crippen LogP contribution in [0, 0.1) is 12.7 Å². The van der Waals surface area contributed by atoms with Crippen LogP contribution >= 0.6 is 0 Å². The molecule has 0 spiro atoms. The van der Waals surface area contributed by atoms with Gasteiger partial charge >= 0.3 is 0 Å². The fourth-order valence-corrected chi connectivity index (χ4v) is 5.63. The fraction of sp³-hybridized carbons (Fsp3) is 0.500. The third-order valence-corrected chi connectivity index (χ3v) is 8.14. The number of hydrogen-bond acceptors (Lipinski definition) is 5. The van der Waals surface area contributed by atoms with Gasteiger partial charge in [-0.25, -0.2) is 4.39 Å². The van der Waals surface area contributed by atoms with Crippen molar-refractivity contribution in [2.45, 2.75) is 76.7 Å². The molecular formula is C30H38FN3O4. The van der Waals surface area contributed by atoms with E-state index in [-0.39, 0.29) is 17.7 Å². The number of nitrogens with one attached hydrogen (secondary N) is 2. The molecule has 7 nitrogen and oxygen atoms in total. The molecule has 1 atom stereocenters. The second kappa shape index (κ2) is 11.0. The van der Waals surface area contributed by atoms with E-state index in [2.05, 4.69) is 10.6 Å². The smallest absolute Gasteiger partial charge is 0.255 e. The second-order valence-electron chi connectivity index (χ2n) is 11.0. The zero-order valence-corrected chi connectivity index (χ0v) is 22.5. The van der Waals surface area contributed by atoms with Crippen LogP contribution in [-0.4, -0.2) is 46.5 Å². The van der Waals surface area contributed by atoms with Crippen LogP contribution in [0.5, 0.6) is 5.75 Å². The molecule has 0 radical (unpaired) electrons. The van der Waals surface area contributed by atoms with Gasteiger partial charge in [0.2, 0.25) is 0 Å². The lowest BCUT2D eigenvalue weighted by Gasteiger charge is -2.33. The predicted octanol–water partition coefficient (Wildman–Crippen LogP) is 5.22. The number of halogens is 1. The van der Waals surface area contributed by atoms with Gasteiger partial charge in [0, 0.05) is 42.9 Å². The molecule has 204 valence electrons. The number of rotatable bonds is 8. The molecule has 3 aromatic rings. The highest BCUT2D eigenvalue weighted by Gasteiger charge is 2.29. The van der Waals surface area contributed by atoms with E-state index in [4.69, 9.17) is 9.47 Å². The van der Waals surface area contributed by atoms with Crippen LogP contribution in [0.15, 0.2) is 36.4 Å². The molecule has 0 bridgehead atoms. The summed E-state index contributed by atoms with van der Waals surface area (Å²) < 4.78 is 28.9. The molecule has 2 heterocycles. The number of aryl methyl sites for hydroxylation is 2. The van der Waals surface area contributed by atoms with Crippen molar-refractivity contribution in [3.05, 3.63) is 59.0 Å². The first-order valence-electron chi connectivity index (χ1n) is 13.6. The maximum absolute atomic E-state index is 15.7. The SMILES string of the molecule is Cc1c(CN[C@H]2CC[C@@](C)(O)CC2)n(C)c2c(F)c(NC(=O)c3ccc(OC[C@@H]4CCCO4)cc3)ccc12. The van der Waals surface area contributed by atoms with Crippen molar-refractivity contribution in [3.8, 4) is 5.75 Å². The van der Waals surface area contributed by atoms with Gasteiger partial charge in [0.25, 0.3) is 5.91 Å². The van der Waals surface area contributed by atoms with Crippen LogP contribution in [0.4, 0.5) is 10.1 Å². The largest absolute Gasteiger partial charge is 0.491 e. The number of carbonyl (C=O) groups is 1. The summed E-state index contributed by atoms with van der Waals surface area (Å²) in [7, 11) is 1.86. The Morgan fingerprint density at radius 2 is 1.92 bits per heavy atom. The summed E-state index contributed by atoms with van der Waals surface area (Å²) >= 11 is 0. The summed E-state index contributed by atoms with van der Waals surface area (Å²) in [6.07, 6.45) is 5.58. The van der Waals surface area contributed by atoms with Crippen LogP contribution < -0.4 is 15.4 Å². The van der Waals surface area contributed by atoms with Gasteiger partial charge in [0.05, 0.1) is 22.9 Å². The fourth-order valence-electron chi connectivity index (χ4n) is 5.63. The minimum atomic E-state index is -0.571. The number of hydrogen-bond donors (Lipinski definition) is 3. The van der Waals surface area contributed by atoms with Crippen LogP contribution in [0.1, 0.15) is 67.1 Å². The summed E-state index contributed by atoms with van der Waals surface area (Å²) in [6, 6.07) is 10.7. The number of fused-ring (bicyclic) bond motifs is 1. The lowest BCUT2D eigenvalue weighted by Crippen LogP contribution is -2.39. The molecule has 0 unspecified atom stereocenters. The Morgan fingerprint density at radius 3 is 2.61 bits per heavy atom. The first-order chi connectivity index (χ1) is 18.2. The average molecular weight is 524 g/mol. The van der Waals surface area contributed by atoms with Gasteiger partial charge in [-0.05, 0) is 88.3 Å². The molecule has 1 amide bonds. The number of amides is 1. The second-order valence-corrected chi connectivity index (χ2v) is 11.0. The molecular weight excluding hydrogens is 485 g/mol. The molecule has 1 saturated carbocycles. The van der Waals surface area contributed by atoms with Crippen molar-refractivity contribution in [2.24, 2.45) is 7.05 Å². The Kier molecular flexibility index (Phi) is 7.75. The first-order valence-corrected chi connectivity index (χ1v) is 13.6. The number of nitrogens with zero attached hydrogens (tertiary/aromatic N) is 1. The van der Waals surface area contributed by atoms with E-state index in [1.165, 1.54) is 0 Å². The van der Waals surface area contributed by atoms with Crippen molar-refractivity contribution in [1.29, 1.82) is 0 Å². The molecule has 5 rings (SSSR count). The van der Waals surface area contributed by atoms with Gasteiger partial charge in [-0.2, -0.15) is 0 Å². The molecule has 2 aromatic carbocycles. The van der Waals surface area contributed by atoms with Crippen molar-refractivity contribution < 1.29 is 23.8 Å². The molecule has 3 N–H and O–H groups in total. The average Bonchev–Trinajstić information content (AvgIpc) is 3.51. The van der Waals surface area contributed by atoms with E-state index in [1.807, 2.05) is 31.5 Å². The van der Waals surface area contributed by atoms with Crippen molar-refractivity contribution in [2.75, 3.05) is 18.5 Å². The number of aromatic nitrogens is 1. The Balaban J connectivity index is 1.25. The van der Waals surface area contributed by atoms with Crippen molar-refractivity contribution in [1.82, 2.24) is 9.88 Å². The number of anilines is 1. The Hall–Kier alpha value is -2.94. The highest BCUT2D eigenvalue weighted by atomic mass is 19.1. The van der Waals surface area contributed by atoms with E-state index in [9.17, 15) is 9.90 Å². The van der Waals surface area contributed by atoms with E-state index in [0.29, 0.717) is 36.0 Å². The summed E-state index contributed by atoms with van der Waals surface area (Å²) in [5.41, 5.74) is 2.51. The Morgan fingerprint density at radius 1 is 1.18 bits per heavy atom. The molecule has 1 aliphatic heterocycles. The monoisotopic (exact) mass is 523 g/mol. The number of benzene rings is 2. The maximum atomic E-state index is 15.7. The zero-order chi connectivity index (χ0) is 26.9. The van der Waals surface area contributed by atoms with E-state index in [1.54, 1.807) is 30.3 Å². The van der Waals surface area contributed by atoms with E-state index >= 15 is 4.39 Å². The molecule has 2 aliphatic rings. The zero-order valence-electron chi connectivity index (χ0n) is 22.5. The van der Waals surface area contributed by atoms with Crippen molar-refractivity contribution >= 4 is 22.5 Å². The molecule has 8 heteroatoms. The first kappa shape index (κ1) is 26.7. The van der Waals surface area contributed by atoms with Gasteiger partial charge in [-0.3, -0.25) is 4.79 Å². The standard InChI is InChI=1S/C30H38FN3O4/c1-19-24-10-11-25(33-29(35)20-6-8-22(9-7-20)38-18-23-5-4-16-37-23)27(31)28(24)34(3)26(19)17-32-21-12-14-30(2,36)15-13-21/h6-11,21,23,32,36H,4-5,12-18H2,1-3H3,(H,33,35)/t21-,23-,30+/m0/s1. The summed E-state index contributed by atoms with van der Waals surface area (Å²) in [5.74, 6) is -0.156. The summed E-state index contributed by atoms with van der Waals surface area (Å²) in [5, 5.41) is 17.4. The summed E-state index contributed by atoms with van der Waals surface area (Å²) in [6.45, 7) is 5.79. The molecule has 1 saturated heterocycles. The topological polar surface area (TPSA) is 84.8 Å². The van der Waals surface area contributed by atoms with Crippen molar-refractivity contribution in [3.63, 3.8) is 0 Å². The van der Waals surface area contributed by atoms with Gasteiger partial charge < -0.3 is 29.8 Å². The van der Waals surface area contributed by atoms with Gasteiger partial charge in [0.1, 0.15) is 12.4 Å². The Bertz CT molecular complexity index is 1290. The number of aliphatic hydroxyl groups is 1. The minimum absolute atomic E-state index is 0.123. The quantitative estimate of drug-likeness (QED) is 0.377. The van der Waals surface area contributed by atoms with Crippen LogP contribution in [0.2, 0.25) is 0 Å². The molecule has 1 aromatic heterocycles. The lowest BCUT2D eigenvalue weighted by atomic mass is 9.83. The van der Waals surface area contributed by atoms with Gasteiger partial charge in [-0.15, -0.1) is 0 Å². The lowest BCUT2D eigenvalue weighted by molar-refractivity contribution is 0.0139. The van der Waals surface area contributed by atoms with E-state index < -0.39 is 11.4 Å². The van der Waals surface area contributed by atoms with Gasteiger partial charge in [-0.1, -0.05) is 6.07 Å². The minimum Gasteiger partial charge on any atom is -0.491 e. The van der Waals surface area contributed by atoms with E-state index in [0.717, 1.165) is 61.8 Å². The predicted molar refractivity (Wildman–Crippen MR) is 146 cm³/mol. The van der Waals surface area contributed by atoms with Gasteiger partial charge in [0.15, 0.2) is 5.82 Å². The van der Waals surface area contributed by atoms with Crippen LogP contribution in [0.25, 0.3) is 10.9 Å². The number of carbonyl (C=O) groups excluding carboxylic acids is 1. The molecule has 38 heavy (non-hydrogen) atoms. The Labute approximate surface area is 223 Å². The maximum Gasteiger partial charge on any atom is 0.255 e. The summed E-state index contributed by atoms with van der Waals surface area (Å²) in [4.78, 5) is 12.9. The van der Waals surface area contributed by atoms with Crippen LogP contribution in [-0.2, 0) is 18.3 Å². The molecule has 2 fully saturated rings. The van der Waals surface area contributed by atoms with Crippen LogP contribution in [0.3, 0.4) is 0 Å². The highest BCUT2D eigenvalue weighted by Crippen LogP contribution is 2.32. The normalized spacial score (nSPS) is 23.6. The highest BCUT2D eigenvalue weighted by molar-refractivity contribution is 6.05. The molecule has 1 aliphatic carbocycles. The number of ether oxygens (including phenoxy) is 2.